The molecule has 1 saturated carbocycles. The Bertz CT molecular complexity index is 780. The van der Waals surface area contributed by atoms with Gasteiger partial charge in [0.2, 0.25) is 0 Å². The first kappa shape index (κ1) is 19.0. The van der Waals surface area contributed by atoms with Crippen LogP contribution in [0.15, 0.2) is 17.7 Å². The molecule has 2 rings (SSSR count). The zero-order chi connectivity index (χ0) is 18.9. The number of benzene rings is 1. The second-order valence-electron chi connectivity index (χ2n) is 5.83. The molecule has 0 saturated heterocycles. The fourth-order valence-corrected chi connectivity index (χ4v) is 3.29. The second kappa shape index (κ2) is 7.27. The highest BCUT2D eigenvalue weighted by Crippen LogP contribution is 2.44. The van der Waals surface area contributed by atoms with Crippen LogP contribution in [0, 0.1) is 11.8 Å². The lowest BCUT2D eigenvalue weighted by molar-refractivity contribution is -0.127. The number of rotatable bonds is 4. The summed E-state index contributed by atoms with van der Waals surface area (Å²) in [7, 11) is 2.68. The Hall–Kier alpha value is -2.34. The van der Waals surface area contributed by atoms with Crippen LogP contribution in [0.4, 0.5) is 0 Å². The Labute approximate surface area is 150 Å². The molecule has 6 nitrogen and oxygen atoms in total. The van der Waals surface area contributed by atoms with Gasteiger partial charge in [-0.2, -0.15) is 0 Å². The Morgan fingerprint density at radius 3 is 2.40 bits per heavy atom. The smallest absolute Gasteiger partial charge is 0.181 e. The highest BCUT2D eigenvalue weighted by Gasteiger charge is 2.43. The topological polar surface area (TPSA) is 89.9 Å². The van der Waals surface area contributed by atoms with Crippen molar-refractivity contribution in [2.75, 3.05) is 14.2 Å². The third-order valence-electron chi connectivity index (χ3n) is 4.35. The molecule has 2 atom stereocenters. The number of hydrogen-bond acceptors (Lipinski definition) is 6. The normalized spacial score (nSPS) is 22.2. The highest BCUT2D eigenvalue weighted by molar-refractivity contribution is 6.35. The molecule has 0 aromatic heterocycles. The first-order valence-electron chi connectivity index (χ1n) is 7.69. The summed E-state index contributed by atoms with van der Waals surface area (Å²) >= 11 is 6.03. The second-order valence-corrected chi connectivity index (χ2v) is 6.21. The van der Waals surface area contributed by atoms with Crippen molar-refractivity contribution in [1.29, 1.82) is 0 Å². The maximum atomic E-state index is 13.0. The number of phenolic OH excluding ortho intramolecular Hbond substituents is 1. The number of aromatic hydroxyl groups is 1. The Balaban J connectivity index is 2.59. The van der Waals surface area contributed by atoms with Crippen molar-refractivity contribution in [2.24, 2.45) is 11.8 Å². The average Bonchev–Trinajstić information content (AvgIpc) is 2.56. The summed E-state index contributed by atoms with van der Waals surface area (Å²) in [6.45, 7) is 3.23. The van der Waals surface area contributed by atoms with Gasteiger partial charge in [0.05, 0.1) is 25.7 Å². The molecule has 134 valence electrons. The zero-order valence-corrected chi connectivity index (χ0v) is 15.1. The lowest BCUT2D eigenvalue weighted by atomic mass is 9.72. The summed E-state index contributed by atoms with van der Waals surface area (Å²) in [6.07, 6.45) is 1.49. The number of allylic oxidation sites excluding steroid dienone is 2. The molecule has 0 bridgehead atoms. The molecule has 0 heterocycles. The monoisotopic (exact) mass is 366 g/mol. The van der Waals surface area contributed by atoms with Gasteiger partial charge in [-0.1, -0.05) is 24.6 Å². The number of halogens is 1. The van der Waals surface area contributed by atoms with Crippen molar-refractivity contribution in [1.82, 2.24) is 0 Å². The SMILES string of the molecule is C/C=C1/C(=O)CC(C)C(C(=O)c2c(OC)cc(OC)c(Cl)c2O)C1=O. The predicted octanol–water partition coefficient (Wildman–Crippen LogP) is 2.99. The van der Waals surface area contributed by atoms with Crippen LogP contribution in [0.25, 0.3) is 0 Å². The quantitative estimate of drug-likeness (QED) is 0.381. The maximum absolute atomic E-state index is 13.0. The molecular weight excluding hydrogens is 348 g/mol. The number of hydrogen-bond donors (Lipinski definition) is 1. The number of carbonyl (C=O) groups is 3. The third-order valence-corrected chi connectivity index (χ3v) is 4.72. The van der Waals surface area contributed by atoms with Gasteiger partial charge in [-0.15, -0.1) is 0 Å². The zero-order valence-electron chi connectivity index (χ0n) is 14.4. The number of carbonyl (C=O) groups excluding carboxylic acids is 3. The molecule has 0 radical (unpaired) electrons. The maximum Gasteiger partial charge on any atom is 0.181 e. The molecule has 0 aliphatic heterocycles. The van der Waals surface area contributed by atoms with E-state index in [1.165, 1.54) is 26.4 Å². The van der Waals surface area contributed by atoms with E-state index in [0.29, 0.717) is 0 Å². The van der Waals surface area contributed by atoms with Crippen LogP contribution in [0.2, 0.25) is 5.02 Å². The van der Waals surface area contributed by atoms with Crippen LogP contribution in [0.1, 0.15) is 30.6 Å². The first-order chi connectivity index (χ1) is 11.8. The van der Waals surface area contributed by atoms with E-state index in [-0.39, 0.29) is 39.9 Å². The Morgan fingerprint density at radius 2 is 1.88 bits per heavy atom. The van der Waals surface area contributed by atoms with Gasteiger partial charge in [-0.05, 0) is 12.8 Å². The van der Waals surface area contributed by atoms with E-state index >= 15 is 0 Å². The summed E-state index contributed by atoms with van der Waals surface area (Å²) in [5.41, 5.74) is -0.183. The first-order valence-corrected chi connectivity index (χ1v) is 8.07. The summed E-state index contributed by atoms with van der Waals surface area (Å²) in [6, 6.07) is 1.37. The van der Waals surface area contributed by atoms with Crippen LogP contribution in [0.5, 0.6) is 17.2 Å². The molecule has 1 aliphatic rings. The van der Waals surface area contributed by atoms with Gasteiger partial charge in [0.15, 0.2) is 23.1 Å². The average molecular weight is 367 g/mol. The fourth-order valence-electron chi connectivity index (χ4n) is 3.07. The van der Waals surface area contributed by atoms with Crippen LogP contribution in [0.3, 0.4) is 0 Å². The number of ether oxygens (including phenoxy) is 2. The number of Topliss-reactive ketones (excluding diaryl/α,β-unsaturated/α-hetero) is 3. The number of methoxy groups -OCH3 is 2. The number of ketones is 3. The Morgan fingerprint density at radius 1 is 1.28 bits per heavy atom. The molecular formula is C18H19ClO6. The van der Waals surface area contributed by atoms with Gasteiger partial charge >= 0.3 is 0 Å². The van der Waals surface area contributed by atoms with E-state index < -0.39 is 29.2 Å². The number of phenols is 1. The van der Waals surface area contributed by atoms with Gasteiger partial charge in [0.25, 0.3) is 0 Å². The van der Waals surface area contributed by atoms with Gasteiger partial charge < -0.3 is 14.6 Å². The van der Waals surface area contributed by atoms with Crippen LogP contribution >= 0.6 is 11.6 Å². The molecule has 1 fully saturated rings. The van der Waals surface area contributed by atoms with E-state index in [1.807, 2.05) is 0 Å². The minimum absolute atomic E-state index is 0.00881. The van der Waals surface area contributed by atoms with E-state index in [0.717, 1.165) is 0 Å². The van der Waals surface area contributed by atoms with Gasteiger partial charge in [-0.25, -0.2) is 0 Å². The Kier molecular flexibility index (Phi) is 5.52. The predicted molar refractivity (Wildman–Crippen MR) is 91.6 cm³/mol. The summed E-state index contributed by atoms with van der Waals surface area (Å²) in [5.74, 6) is -3.39. The van der Waals surface area contributed by atoms with E-state index in [9.17, 15) is 19.5 Å². The minimum Gasteiger partial charge on any atom is -0.505 e. The summed E-state index contributed by atoms with van der Waals surface area (Å²) in [5, 5.41) is 10.2. The minimum atomic E-state index is -1.09. The van der Waals surface area contributed by atoms with Crippen molar-refractivity contribution >= 4 is 29.0 Å². The molecule has 7 heteroatoms. The van der Waals surface area contributed by atoms with Crippen LogP contribution < -0.4 is 9.47 Å². The standard InChI is InChI=1S/C18H19ClO6/c1-5-9-10(20)6-8(2)13(16(9)21)17(22)14-11(24-3)7-12(25-4)15(19)18(14)23/h5,7-8,13,23H,6H2,1-4H3/b9-5-. The molecule has 1 aliphatic carbocycles. The van der Waals surface area contributed by atoms with Crippen LogP contribution in [-0.4, -0.2) is 36.7 Å². The van der Waals surface area contributed by atoms with Crippen LogP contribution in [-0.2, 0) is 9.59 Å². The molecule has 1 aromatic rings. The molecule has 1 aromatic carbocycles. The van der Waals surface area contributed by atoms with Crippen molar-refractivity contribution < 1.29 is 29.0 Å². The lowest BCUT2D eigenvalue weighted by Crippen LogP contribution is -2.39. The molecule has 1 N–H and O–H groups in total. The molecule has 0 amide bonds. The largest absolute Gasteiger partial charge is 0.505 e. The van der Waals surface area contributed by atoms with E-state index in [4.69, 9.17) is 21.1 Å². The highest BCUT2D eigenvalue weighted by atomic mass is 35.5. The van der Waals surface area contributed by atoms with Gasteiger partial charge in [-0.3, -0.25) is 14.4 Å². The van der Waals surface area contributed by atoms with Crippen molar-refractivity contribution in [3.8, 4) is 17.2 Å². The van der Waals surface area contributed by atoms with Crippen molar-refractivity contribution in [3.05, 3.63) is 28.3 Å². The third kappa shape index (κ3) is 3.14. The molecule has 25 heavy (non-hydrogen) atoms. The lowest BCUT2D eigenvalue weighted by Gasteiger charge is -2.28. The molecule has 0 spiro atoms. The fraction of sp³-hybridized carbons (Fsp3) is 0.389. The van der Waals surface area contributed by atoms with E-state index in [1.54, 1.807) is 13.8 Å². The van der Waals surface area contributed by atoms with Gasteiger partial charge in [0.1, 0.15) is 22.1 Å². The molecule has 2 unspecified atom stereocenters. The van der Waals surface area contributed by atoms with Crippen molar-refractivity contribution in [3.63, 3.8) is 0 Å². The summed E-state index contributed by atoms with van der Waals surface area (Å²) in [4.78, 5) is 37.6. The van der Waals surface area contributed by atoms with E-state index in [2.05, 4.69) is 0 Å². The van der Waals surface area contributed by atoms with Gasteiger partial charge in [0, 0.05) is 12.5 Å². The summed E-state index contributed by atoms with van der Waals surface area (Å²) < 4.78 is 10.2. The van der Waals surface area contributed by atoms with Crippen molar-refractivity contribution in [2.45, 2.75) is 20.3 Å².